The molecule has 1 aromatic heterocycles. The van der Waals surface area contributed by atoms with Gasteiger partial charge in [-0.25, -0.2) is 0 Å². The highest BCUT2D eigenvalue weighted by atomic mass is 79.9. The fraction of sp³-hybridized carbons (Fsp3) is 0.0909. The van der Waals surface area contributed by atoms with Crippen molar-refractivity contribution in [1.82, 2.24) is 5.32 Å². The number of benzene rings is 2. The number of hydrogen-bond acceptors (Lipinski definition) is 3. The Labute approximate surface area is 166 Å². The summed E-state index contributed by atoms with van der Waals surface area (Å²) in [6.45, 7) is 3.85. The van der Waals surface area contributed by atoms with E-state index in [0.717, 1.165) is 21.2 Å². The first-order valence-corrected chi connectivity index (χ1v) is 9.12. The van der Waals surface area contributed by atoms with Crippen LogP contribution >= 0.6 is 15.9 Å². The van der Waals surface area contributed by atoms with Gasteiger partial charge < -0.3 is 9.73 Å². The van der Waals surface area contributed by atoms with Crippen LogP contribution in [0.4, 0.5) is 0 Å². The summed E-state index contributed by atoms with van der Waals surface area (Å²) >= 11 is 3.45. The average Bonchev–Trinajstić information content (AvgIpc) is 3.09. The van der Waals surface area contributed by atoms with E-state index < -0.39 is 0 Å². The van der Waals surface area contributed by atoms with Gasteiger partial charge in [-0.15, -0.1) is 0 Å². The molecule has 0 saturated heterocycles. The number of amides is 1. The SMILES string of the molecule is Cc1ccccc1C(=O)N/C(C#N)=C/c1ccc(-c2ccc(Br)cc2C)o1. The van der Waals surface area contributed by atoms with E-state index >= 15 is 0 Å². The molecule has 0 unspecified atom stereocenters. The van der Waals surface area contributed by atoms with E-state index in [1.54, 1.807) is 18.2 Å². The molecular weight excluding hydrogens is 404 g/mol. The molecule has 0 bridgehead atoms. The number of carbonyl (C=O) groups is 1. The van der Waals surface area contributed by atoms with Gasteiger partial charge in [0, 0.05) is 21.7 Å². The Kier molecular flexibility index (Phi) is 5.58. The predicted octanol–water partition coefficient (Wildman–Crippen LogP) is 5.62. The van der Waals surface area contributed by atoms with E-state index in [1.807, 2.05) is 56.3 Å². The van der Waals surface area contributed by atoms with Crippen molar-refractivity contribution < 1.29 is 9.21 Å². The second-order valence-corrected chi connectivity index (χ2v) is 7.02. The van der Waals surface area contributed by atoms with Crippen LogP contribution in [-0.2, 0) is 0 Å². The molecule has 5 heteroatoms. The summed E-state index contributed by atoms with van der Waals surface area (Å²) in [5.74, 6) is 0.874. The predicted molar refractivity (Wildman–Crippen MR) is 109 cm³/mol. The zero-order valence-corrected chi connectivity index (χ0v) is 16.5. The van der Waals surface area contributed by atoms with E-state index in [1.165, 1.54) is 6.08 Å². The summed E-state index contributed by atoms with van der Waals surface area (Å²) in [6.07, 6.45) is 1.52. The second kappa shape index (κ2) is 8.07. The number of nitrogens with one attached hydrogen (secondary N) is 1. The average molecular weight is 421 g/mol. The maximum Gasteiger partial charge on any atom is 0.256 e. The number of rotatable bonds is 4. The van der Waals surface area contributed by atoms with Crippen molar-refractivity contribution in [3.05, 3.63) is 87.2 Å². The number of furan rings is 1. The van der Waals surface area contributed by atoms with Crippen molar-refractivity contribution in [2.45, 2.75) is 13.8 Å². The molecule has 0 spiro atoms. The van der Waals surface area contributed by atoms with Gasteiger partial charge in [0.05, 0.1) is 0 Å². The first-order chi connectivity index (χ1) is 13.0. The highest BCUT2D eigenvalue weighted by molar-refractivity contribution is 9.10. The van der Waals surface area contributed by atoms with Crippen LogP contribution in [0.2, 0.25) is 0 Å². The van der Waals surface area contributed by atoms with E-state index in [4.69, 9.17) is 4.42 Å². The maximum atomic E-state index is 12.4. The molecule has 0 aliphatic rings. The summed E-state index contributed by atoms with van der Waals surface area (Å²) in [6, 6.07) is 18.8. The van der Waals surface area contributed by atoms with Crippen molar-refractivity contribution in [1.29, 1.82) is 5.26 Å². The van der Waals surface area contributed by atoms with Crippen LogP contribution in [0.15, 0.2) is 69.2 Å². The van der Waals surface area contributed by atoms with Gasteiger partial charge in [0.25, 0.3) is 5.91 Å². The van der Waals surface area contributed by atoms with Crippen LogP contribution in [0.3, 0.4) is 0 Å². The Morgan fingerprint density at radius 1 is 1.11 bits per heavy atom. The molecule has 0 radical (unpaired) electrons. The summed E-state index contributed by atoms with van der Waals surface area (Å²) in [5, 5.41) is 12.0. The fourth-order valence-electron chi connectivity index (χ4n) is 2.73. The van der Waals surface area contributed by atoms with Gasteiger partial charge in [0.15, 0.2) is 0 Å². The minimum Gasteiger partial charge on any atom is -0.457 e. The molecular formula is C22H17BrN2O2. The Morgan fingerprint density at radius 3 is 2.59 bits per heavy atom. The molecule has 0 aliphatic heterocycles. The number of nitriles is 1. The quantitative estimate of drug-likeness (QED) is 0.556. The molecule has 4 nitrogen and oxygen atoms in total. The van der Waals surface area contributed by atoms with E-state index in [2.05, 4.69) is 21.2 Å². The second-order valence-electron chi connectivity index (χ2n) is 6.10. The van der Waals surface area contributed by atoms with Gasteiger partial charge in [0.1, 0.15) is 23.3 Å². The topological polar surface area (TPSA) is 66.0 Å². The summed E-state index contributed by atoms with van der Waals surface area (Å²) in [4.78, 5) is 12.4. The molecule has 1 amide bonds. The molecule has 27 heavy (non-hydrogen) atoms. The minimum absolute atomic E-state index is 0.122. The van der Waals surface area contributed by atoms with E-state index in [0.29, 0.717) is 17.1 Å². The third-order valence-corrected chi connectivity index (χ3v) is 4.62. The Bertz CT molecular complexity index is 1070. The molecule has 134 valence electrons. The molecule has 1 heterocycles. The lowest BCUT2D eigenvalue weighted by molar-refractivity contribution is 0.0967. The Balaban J connectivity index is 1.83. The van der Waals surface area contributed by atoms with Crippen LogP contribution < -0.4 is 5.32 Å². The minimum atomic E-state index is -0.323. The molecule has 2 aromatic carbocycles. The number of halogens is 1. The van der Waals surface area contributed by atoms with Gasteiger partial charge in [-0.2, -0.15) is 5.26 Å². The number of carbonyl (C=O) groups excluding carboxylic acids is 1. The van der Waals surface area contributed by atoms with E-state index in [-0.39, 0.29) is 11.6 Å². The first kappa shape index (κ1) is 18.7. The Morgan fingerprint density at radius 2 is 1.89 bits per heavy atom. The lowest BCUT2D eigenvalue weighted by atomic mass is 10.1. The van der Waals surface area contributed by atoms with Gasteiger partial charge in [-0.1, -0.05) is 34.1 Å². The molecule has 0 aliphatic carbocycles. The van der Waals surface area contributed by atoms with Crippen LogP contribution in [0.1, 0.15) is 27.2 Å². The lowest BCUT2D eigenvalue weighted by Gasteiger charge is -2.06. The lowest BCUT2D eigenvalue weighted by Crippen LogP contribution is -2.22. The van der Waals surface area contributed by atoms with Crippen LogP contribution in [0, 0.1) is 25.2 Å². The number of allylic oxidation sites excluding steroid dienone is 1. The zero-order valence-electron chi connectivity index (χ0n) is 14.9. The molecule has 3 rings (SSSR count). The normalized spacial score (nSPS) is 11.1. The number of hydrogen-bond donors (Lipinski definition) is 1. The van der Waals surface area contributed by atoms with Crippen LogP contribution in [-0.4, -0.2) is 5.91 Å². The third kappa shape index (κ3) is 4.36. The first-order valence-electron chi connectivity index (χ1n) is 8.33. The van der Waals surface area contributed by atoms with Crippen molar-refractivity contribution in [3.63, 3.8) is 0 Å². The molecule has 0 saturated carbocycles. The largest absolute Gasteiger partial charge is 0.457 e. The number of nitrogens with zero attached hydrogens (tertiary/aromatic N) is 1. The maximum absolute atomic E-state index is 12.4. The third-order valence-electron chi connectivity index (χ3n) is 4.13. The van der Waals surface area contributed by atoms with Crippen molar-refractivity contribution in [2.75, 3.05) is 0 Å². The van der Waals surface area contributed by atoms with Gasteiger partial charge in [0.2, 0.25) is 0 Å². The van der Waals surface area contributed by atoms with Gasteiger partial charge in [-0.05, 0) is 61.4 Å². The molecule has 0 atom stereocenters. The van der Waals surface area contributed by atoms with Crippen molar-refractivity contribution in [2.24, 2.45) is 0 Å². The number of aryl methyl sites for hydroxylation is 2. The molecule has 0 fully saturated rings. The van der Waals surface area contributed by atoms with Gasteiger partial charge >= 0.3 is 0 Å². The summed E-state index contributed by atoms with van der Waals surface area (Å²) in [7, 11) is 0. The molecule has 1 N–H and O–H groups in total. The zero-order chi connectivity index (χ0) is 19.4. The monoisotopic (exact) mass is 420 g/mol. The van der Waals surface area contributed by atoms with Crippen molar-refractivity contribution in [3.8, 4) is 17.4 Å². The molecule has 3 aromatic rings. The standard InChI is InChI=1S/C22H17BrN2O2/c1-14-5-3-4-6-20(14)22(26)25-17(13-24)12-18-8-10-21(27-18)19-9-7-16(23)11-15(19)2/h3-12H,1-2H3,(H,25,26)/b17-12+. The summed E-state index contributed by atoms with van der Waals surface area (Å²) in [5.41, 5.74) is 3.54. The fourth-order valence-corrected chi connectivity index (χ4v) is 3.21. The highest BCUT2D eigenvalue weighted by Gasteiger charge is 2.11. The Hall–Kier alpha value is -3.10. The smallest absolute Gasteiger partial charge is 0.256 e. The summed E-state index contributed by atoms with van der Waals surface area (Å²) < 4.78 is 6.84. The van der Waals surface area contributed by atoms with E-state index in [9.17, 15) is 10.1 Å². The van der Waals surface area contributed by atoms with Crippen LogP contribution in [0.25, 0.3) is 17.4 Å². The van der Waals surface area contributed by atoms with Gasteiger partial charge in [-0.3, -0.25) is 4.79 Å². The van der Waals surface area contributed by atoms with Crippen LogP contribution in [0.5, 0.6) is 0 Å². The van der Waals surface area contributed by atoms with Crippen molar-refractivity contribution >= 4 is 27.9 Å². The highest BCUT2D eigenvalue weighted by Crippen LogP contribution is 2.28.